The zero-order valence-corrected chi connectivity index (χ0v) is 14.3. The largest absolute Gasteiger partial charge is 0.353 e. The van der Waals surface area contributed by atoms with E-state index in [4.69, 9.17) is 16.0 Å². The van der Waals surface area contributed by atoms with E-state index >= 15 is 0 Å². The molecule has 1 aromatic carbocycles. The molecule has 1 atom stereocenters. The third-order valence-electron chi connectivity index (χ3n) is 2.81. The summed E-state index contributed by atoms with van der Waals surface area (Å²) >= 11 is 0. The third-order valence-corrected chi connectivity index (χ3v) is 3.66. The molecular weight excluding hydrogens is 348 g/mol. The first-order valence-corrected chi connectivity index (χ1v) is 8.78. The minimum atomic E-state index is -4.31. The van der Waals surface area contributed by atoms with Crippen molar-refractivity contribution in [1.29, 1.82) is 0 Å². The molecule has 0 saturated carbocycles. The van der Waals surface area contributed by atoms with Gasteiger partial charge < -0.3 is 27.4 Å². The topological polar surface area (TPSA) is 181 Å². The molecule has 0 spiro atoms. The van der Waals surface area contributed by atoms with Crippen LogP contribution in [0.5, 0.6) is 0 Å². The highest BCUT2D eigenvalue weighted by Crippen LogP contribution is 2.19. The molecule has 0 bridgehead atoms. The fourth-order valence-electron chi connectivity index (χ4n) is 1.83. The lowest BCUT2D eigenvalue weighted by atomic mass is 10.3. The van der Waals surface area contributed by atoms with Gasteiger partial charge in [0.15, 0.2) is 0 Å². The van der Waals surface area contributed by atoms with E-state index in [9.17, 15) is 8.42 Å². The van der Waals surface area contributed by atoms with Crippen LogP contribution in [0.2, 0.25) is 0 Å². The predicted molar refractivity (Wildman–Crippen MR) is 94.2 cm³/mol. The number of rotatable bonds is 8. The first-order valence-electron chi connectivity index (χ1n) is 7.34. The minimum Gasteiger partial charge on any atom is -0.353 e. The van der Waals surface area contributed by atoms with Crippen molar-refractivity contribution < 1.29 is 13.0 Å². The molecule has 1 aromatic heterocycles. The summed E-state index contributed by atoms with van der Waals surface area (Å²) < 4.78 is 31.6. The Morgan fingerprint density at radius 1 is 1.20 bits per heavy atom. The van der Waals surface area contributed by atoms with Crippen LogP contribution in [-0.2, 0) is 10.1 Å². The summed E-state index contributed by atoms with van der Waals surface area (Å²) in [7, 11) is -4.31. The molecular formula is C13H20N8O3S. The lowest BCUT2D eigenvalue weighted by Gasteiger charge is -2.12. The molecule has 0 saturated heterocycles. The van der Waals surface area contributed by atoms with Crippen LogP contribution in [0.25, 0.3) is 0 Å². The molecule has 8 N–H and O–H groups in total. The molecule has 1 heterocycles. The first-order chi connectivity index (χ1) is 11.8. The Bertz CT molecular complexity index is 828. The lowest BCUT2D eigenvalue weighted by Crippen LogP contribution is -2.27. The fourth-order valence-corrected chi connectivity index (χ4v) is 2.35. The molecule has 0 aliphatic heterocycles. The summed E-state index contributed by atoms with van der Waals surface area (Å²) in [5.41, 5.74) is 11.5. The second kappa shape index (κ2) is 8.02. The maximum absolute atomic E-state index is 11.2. The van der Waals surface area contributed by atoms with Crippen molar-refractivity contribution in [2.75, 3.05) is 29.0 Å². The van der Waals surface area contributed by atoms with Gasteiger partial charge in [0.25, 0.3) is 10.1 Å². The van der Waals surface area contributed by atoms with Crippen LogP contribution in [0.15, 0.2) is 29.2 Å². The number of hydrogen-bond donors (Lipinski definition) is 6. The Morgan fingerprint density at radius 2 is 1.88 bits per heavy atom. The molecule has 0 amide bonds. The van der Waals surface area contributed by atoms with Gasteiger partial charge in [0.1, 0.15) is 0 Å². The number of benzene rings is 1. The highest BCUT2D eigenvalue weighted by molar-refractivity contribution is 7.85. The molecule has 11 nitrogen and oxygen atoms in total. The molecule has 0 fully saturated rings. The molecule has 2 rings (SSSR count). The molecule has 25 heavy (non-hydrogen) atoms. The molecule has 0 aliphatic rings. The summed E-state index contributed by atoms with van der Waals surface area (Å²) in [4.78, 5) is 12.2. The van der Waals surface area contributed by atoms with Gasteiger partial charge in [-0.2, -0.15) is 23.4 Å². The Labute approximate surface area is 145 Å². The normalized spacial score (nSPS) is 12.5. The standard InChI is InChI=1S/C13H20N8O3S/c1-8(15)17-12-19-11(16-6-5-14)20-13(21-12)18-9-3-2-4-10(7-9)25(22,23)24/h2-4,7-8H,5-6,14-15H2,1H3,(H,22,23,24)(H3,16,17,18,19,20,21). The van der Waals surface area contributed by atoms with E-state index in [1.54, 1.807) is 13.0 Å². The van der Waals surface area contributed by atoms with Crippen molar-refractivity contribution in [2.45, 2.75) is 18.0 Å². The number of nitrogens with one attached hydrogen (secondary N) is 3. The maximum Gasteiger partial charge on any atom is 0.294 e. The van der Waals surface area contributed by atoms with E-state index in [2.05, 4.69) is 30.9 Å². The molecule has 1 unspecified atom stereocenters. The van der Waals surface area contributed by atoms with E-state index in [1.807, 2.05) is 0 Å². The average Bonchev–Trinajstić information content (AvgIpc) is 2.51. The van der Waals surface area contributed by atoms with Crippen LogP contribution in [0.3, 0.4) is 0 Å². The fraction of sp³-hybridized carbons (Fsp3) is 0.308. The molecule has 0 aliphatic carbocycles. The average molecular weight is 368 g/mol. The van der Waals surface area contributed by atoms with Gasteiger partial charge in [-0.25, -0.2) is 0 Å². The monoisotopic (exact) mass is 368 g/mol. The van der Waals surface area contributed by atoms with Gasteiger partial charge in [0, 0.05) is 18.8 Å². The van der Waals surface area contributed by atoms with Gasteiger partial charge in [-0.3, -0.25) is 4.55 Å². The van der Waals surface area contributed by atoms with E-state index < -0.39 is 10.1 Å². The smallest absolute Gasteiger partial charge is 0.294 e. The SMILES string of the molecule is CC(N)Nc1nc(NCCN)nc(Nc2cccc(S(=O)(=O)O)c2)n1. The second-order valence-electron chi connectivity index (χ2n) is 5.08. The van der Waals surface area contributed by atoms with E-state index in [0.29, 0.717) is 18.8 Å². The quantitative estimate of drug-likeness (QED) is 0.271. The molecule has 2 aromatic rings. The van der Waals surface area contributed by atoms with Crippen molar-refractivity contribution in [3.63, 3.8) is 0 Å². The Morgan fingerprint density at radius 3 is 2.52 bits per heavy atom. The van der Waals surface area contributed by atoms with Crippen molar-refractivity contribution in [2.24, 2.45) is 11.5 Å². The Balaban J connectivity index is 2.31. The third kappa shape index (κ3) is 5.79. The van der Waals surface area contributed by atoms with Crippen LogP contribution < -0.4 is 27.4 Å². The second-order valence-corrected chi connectivity index (χ2v) is 6.50. The van der Waals surface area contributed by atoms with Gasteiger partial charge in [-0.05, 0) is 25.1 Å². The zero-order valence-electron chi connectivity index (χ0n) is 13.5. The van der Waals surface area contributed by atoms with Crippen LogP contribution >= 0.6 is 0 Å². The van der Waals surface area contributed by atoms with E-state index in [-0.39, 0.29) is 28.9 Å². The summed E-state index contributed by atoms with van der Waals surface area (Å²) in [5, 5.41) is 8.63. The van der Waals surface area contributed by atoms with Crippen LogP contribution in [0, 0.1) is 0 Å². The highest BCUT2D eigenvalue weighted by Gasteiger charge is 2.11. The maximum atomic E-state index is 11.2. The number of nitrogens with zero attached hydrogens (tertiary/aromatic N) is 3. The van der Waals surface area contributed by atoms with Crippen molar-refractivity contribution in [3.05, 3.63) is 24.3 Å². The van der Waals surface area contributed by atoms with Crippen molar-refractivity contribution >= 4 is 33.7 Å². The number of anilines is 4. The van der Waals surface area contributed by atoms with E-state index in [1.165, 1.54) is 18.2 Å². The van der Waals surface area contributed by atoms with Gasteiger partial charge in [-0.15, -0.1) is 0 Å². The summed E-state index contributed by atoms with van der Waals surface area (Å²) in [6.07, 6.45) is -0.388. The highest BCUT2D eigenvalue weighted by atomic mass is 32.2. The summed E-state index contributed by atoms with van der Waals surface area (Å²) in [5.74, 6) is 0.667. The molecule has 0 radical (unpaired) electrons. The molecule has 12 heteroatoms. The van der Waals surface area contributed by atoms with Crippen LogP contribution in [0.4, 0.5) is 23.5 Å². The van der Waals surface area contributed by atoms with Gasteiger partial charge in [-0.1, -0.05) is 6.07 Å². The Hall–Kier alpha value is -2.54. The first kappa shape index (κ1) is 18.8. The molecule has 136 valence electrons. The van der Waals surface area contributed by atoms with Gasteiger partial charge in [0.2, 0.25) is 17.8 Å². The number of nitrogens with two attached hydrogens (primary N) is 2. The van der Waals surface area contributed by atoms with Crippen LogP contribution in [0.1, 0.15) is 6.92 Å². The van der Waals surface area contributed by atoms with Gasteiger partial charge >= 0.3 is 0 Å². The summed E-state index contributed by atoms with van der Waals surface area (Å²) in [6, 6.07) is 5.60. The summed E-state index contributed by atoms with van der Waals surface area (Å²) in [6.45, 7) is 2.57. The zero-order chi connectivity index (χ0) is 18.4. The van der Waals surface area contributed by atoms with Crippen LogP contribution in [-0.4, -0.2) is 47.2 Å². The minimum absolute atomic E-state index is 0.158. The van der Waals surface area contributed by atoms with Crippen molar-refractivity contribution in [1.82, 2.24) is 15.0 Å². The van der Waals surface area contributed by atoms with Gasteiger partial charge in [0.05, 0.1) is 11.1 Å². The van der Waals surface area contributed by atoms with E-state index in [0.717, 1.165) is 0 Å². The lowest BCUT2D eigenvalue weighted by molar-refractivity contribution is 0.483. The number of hydrogen-bond acceptors (Lipinski definition) is 10. The number of aromatic nitrogens is 3. The predicted octanol–water partition coefficient (Wildman–Crippen LogP) is -0.0509. The van der Waals surface area contributed by atoms with Crippen molar-refractivity contribution in [3.8, 4) is 0 Å². The Kier molecular flexibility index (Phi) is 6.03.